The zero-order valence-corrected chi connectivity index (χ0v) is 9.53. The van der Waals surface area contributed by atoms with Crippen molar-refractivity contribution < 1.29 is 13.5 Å². The van der Waals surface area contributed by atoms with E-state index in [2.05, 4.69) is 9.71 Å². The zero-order valence-electron chi connectivity index (χ0n) is 8.71. The molecule has 0 amide bonds. The molecular formula is C8H15N3O3S. The summed E-state index contributed by atoms with van der Waals surface area (Å²) in [4.78, 5) is 3.77. The van der Waals surface area contributed by atoms with Crippen LogP contribution >= 0.6 is 0 Å². The third-order valence-electron chi connectivity index (χ3n) is 1.82. The Labute approximate surface area is 89.0 Å². The van der Waals surface area contributed by atoms with Crippen LogP contribution in [0.4, 0.5) is 0 Å². The predicted molar refractivity (Wildman–Crippen MR) is 54.8 cm³/mol. The summed E-state index contributed by atoms with van der Waals surface area (Å²) in [7, 11) is -3.59. The molecule has 0 bridgehead atoms. The van der Waals surface area contributed by atoms with Gasteiger partial charge in [-0.2, -0.15) is 0 Å². The molecule has 0 fully saturated rings. The van der Waals surface area contributed by atoms with Gasteiger partial charge in [0.15, 0.2) is 5.03 Å². The van der Waals surface area contributed by atoms with Crippen LogP contribution in [0.25, 0.3) is 0 Å². The Morgan fingerprint density at radius 1 is 1.67 bits per heavy atom. The highest BCUT2D eigenvalue weighted by atomic mass is 32.2. The van der Waals surface area contributed by atoms with Gasteiger partial charge in [-0.15, -0.1) is 0 Å². The van der Waals surface area contributed by atoms with Crippen molar-refractivity contribution in [3.05, 3.63) is 12.5 Å². The largest absolute Gasteiger partial charge is 0.392 e. The van der Waals surface area contributed by atoms with Gasteiger partial charge in [0.2, 0.25) is 0 Å². The van der Waals surface area contributed by atoms with E-state index < -0.39 is 16.1 Å². The van der Waals surface area contributed by atoms with Crippen molar-refractivity contribution in [2.45, 2.75) is 31.5 Å². The highest BCUT2D eigenvalue weighted by molar-refractivity contribution is 7.89. The van der Waals surface area contributed by atoms with Crippen LogP contribution in [0.5, 0.6) is 0 Å². The Balaban J connectivity index is 2.77. The number of hydrogen-bond acceptors (Lipinski definition) is 4. The van der Waals surface area contributed by atoms with E-state index in [0.717, 1.165) is 0 Å². The minimum absolute atomic E-state index is 0.0126. The Morgan fingerprint density at radius 2 is 2.33 bits per heavy atom. The summed E-state index contributed by atoms with van der Waals surface area (Å²) in [6.45, 7) is 4.05. The van der Waals surface area contributed by atoms with Gasteiger partial charge in [-0.1, -0.05) is 0 Å². The first-order valence-electron chi connectivity index (χ1n) is 4.65. The minimum Gasteiger partial charge on any atom is -0.392 e. The highest BCUT2D eigenvalue weighted by Gasteiger charge is 2.17. The van der Waals surface area contributed by atoms with Gasteiger partial charge in [-0.05, 0) is 13.8 Å². The fourth-order valence-electron chi connectivity index (χ4n) is 0.956. The molecule has 1 unspecified atom stereocenters. The molecule has 1 heterocycles. The standard InChI is InChI=1S/C8H15N3O3S/c1-3-11-5-8(9-6-11)15(13,14)10-4-7(2)12/h5-7,10,12H,3-4H2,1-2H3. The van der Waals surface area contributed by atoms with Gasteiger partial charge in [-0.25, -0.2) is 18.1 Å². The smallest absolute Gasteiger partial charge is 0.259 e. The first-order valence-corrected chi connectivity index (χ1v) is 6.13. The van der Waals surface area contributed by atoms with Crippen LogP contribution in [0.1, 0.15) is 13.8 Å². The average molecular weight is 233 g/mol. The molecule has 86 valence electrons. The fourth-order valence-corrected chi connectivity index (χ4v) is 2.02. The molecule has 15 heavy (non-hydrogen) atoms. The van der Waals surface area contributed by atoms with E-state index in [1.54, 1.807) is 4.57 Å². The summed E-state index contributed by atoms with van der Waals surface area (Å²) >= 11 is 0. The molecule has 1 aromatic rings. The molecule has 1 rings (SSSR count). The Hall–Kier alpha value is -0.920. The summed E-state index contributed by atoms with van der Waals surface area (Å²) in [5.41, 5.74) is 0. The third-order valence-corrected chi connectivity index (χ3v) is 3.13. The Kier molecular flexibility index (Phi) is 3.83. The number of imidazole rings is 1. The van der Waals surface area contributed by atoms with E-state index >= 15 is 0 Å². The quantitative estimate of drug-likeness (QED) is 0.722. The number of aliphatic hydroxyl groups excluding tert-OH is 1. The van der Waals surface area contributed by atoms with Gasteiger partial charge >= 0.3 is 0 Å². The first-order chi connectivity index (χ1) is 6.95. The van der Waals surface area contributed by atoms with Gasteiger partial charge in [0.25, 0.3) is 10.0 Å². The van der Waals surface area contributed by atoms with Gasteiger partial charge in [0.1, 0.15) is 0 Å². The molecule has 1 atom stereocenters. The van der Waals surface area contributed by atoms with Gasteiger partial charge in [0.05, 0.1) is 12.4 Å². The second-order valence-corrected chi connectivity index (χ2v) is 4.96. The van der Waals surface area contributed by atoms with Gasteiger partial charge in [-0.3, -0.25) is 0 Å². The van der Waals surface area contributed by atoms with E-state index in [4.69, 9.17) is 5.11 Å². The third kappa shape index (κ3) is 3.29. The average Bonchev–Trinajstić information content (AvgIpc) is 2.63. The van der Waals surface area contributed by atoms with Crippen LogP contribution in [0, 0.1) is 0 Å². The maximum Gasteiger partial charge on any atom is 0.259 e. The maximum atomic E-state index is 11.6. The zero-order chi connectivity index (χ0) is 11.5. The summed E-state index contributed by atoms with van der Waals surface area (Å²) in [6.07, 6.45) is 2.19. The molecule has 0 aliphatic heterocycles. The molecule has 0 aliphatic rings. The van der Waals surface area contributed by atoms with E-state index in [1.165, 1.54) is 19.4 Å². The summed E-state index contributed by atoms with van der Waals surface area (Å²) in [5, 5.41) is 8.94. The molecule has 0 aromatic carbocycles. The molecule has 0 saturated heterocycles. The number of hydrogen-bond donors (Lipinski definition) is 2. The van der Waals surface area contributed by atoms with Crippen LogP contribution in [0.15, 0.2) is 17.6 Å². The van der Waals surface area contributed by atoms with E-state index in [0.29, 0.717) is 6.54 Å². The number of aromatic nitrogens is 2. The van der Waals surface area contributed by atoms with Crippen LogP contribution < -0.4 is 4.72 Å². The number of nitrogens with one attached hydrogen (secondary N) is 1. The summed E-state index contributed by atoms with van der Waals surface area (Å²) in [6, 6.07) is 0. The molecule has 0 aliphatic carbocycles. The van der Waals surface area contributed by atoms with Crippen molar-refractivity contribution in [1.82, 2.24) is 14.3 Å². The van der Waals surface area contributed by atoms with Crippen molar-refractivity contribution >= 4 is 10.0 Å². The normalized spacial score (nSPS) is 14.1. The second-order valence-electron chi connectivity index (χ2n) is 3.24. The lowest BCUT2D eigenvalue weighted by Crippen LogP contribution is -2.30. The molecular weight excluding hydrogens is 218 g/mol. The van der Waals surface area contributed by atoms with Crippen molar-refractivity contribution in [2.24, 2.45) is 0 Å². The number of aryl methyl sites for hydroxylation is 1. The Morgan fingerprint density at radius 3 is 2.80 bits per heavy atom. The van der Waals surface area contributed by atoms with Crippen molar-refractivity contribution in [3.8, 4) is 0 Å². The molecule has 0 spiro atoms. The van der Waals surface area contributed by atoms with E-state index in [-0.39, 0.29) is 11.6 Å². The summed E-state index contributed by atoms with van der Waals surface area (Å²) in [5.74, 6) is 0. The molecule has 7 heteroatoms. The lowest BCUT2D eigenvalue weighted by molar-refractivity contribution is 0.198. The number of sulfonamides is 1. The number of rotatable bonds is 5. The number of aliphatic hydroxyl groups is 1. The molecule has 1 aromatic heterocycles. The SMILES string of the molecule is CCn1cnc(S(=O)(=O)NCC(C)O)c1. The summed E-state index contributed by atoms with van der Waals surface area (Å²) < 4.78 is 27.1. The van der Waals surface area contributed by atoms with Crippen LogP contribution in [-0.4, -0.2) is 35.7 Å². The van der Waals surface area contributed by atoms with E-state index in [9.17, 15) is 8.42 Å². The highest BCUT2D eigenvalue weighted by Crippen LogP contribution is 2.04. The molecule has 6 nitrogen and oxygen atoms in total. The van der Waals surface area contributed by atoms with Crippen LogP contribution in [-0.2, 0) is 16.6 Å². The fraction of sp³-hybridized carbons (Fsp3) is 0.625. The predicted octanol–water partition coefficient (Wildman–Crippen LogP) is -0.438. The molecule has 0 saturated carbocycles. The van der Waals surface area contributed by atoms with Gasteiger partial charge < -0.3 is 9.67 Å². The van der Waals surface area contributed by atoms with Crippen LogP contribution in [0.3, 0.4) is 0 Å². The van der Waals surface area contributed by atoms with E-state index in [1.807, 2.05) is 6.92 Å². The topological polar surface area (TPSA) is 84.2 Å². The maximum absolute atomic E-state index is 11.6. The molecule has 0 radical (unpaired) electrons. The Bertz CT molecular complexity index is 411. The lowest BCUT2D eigenvalue weighted by atomic mass is 10.4. The van der Waals surface area contributed by atoms with Crippen molar-refractivity contribution in [3.63, 3.8) is 0 Å². The first kappa shape index (κ1) is 12.2. The monoisotopic (exact) mass is 233 g/mol. The minimum atomic E-state index is -3.59. The second kappa shape index (κ2) is 4.73. The molecule has 2 N–H and O–H groups in total. The van der Waals surface area contributed by atoms with Crippen molar-refractivity contribution in [1.29, 1.82) is 0 Å². The van der Waals surface area contributed by atoms with Gasteiger partial charge in [0, 0.05) is 19.3 Å². The lowest BCUT2D eigenvalue weighted by Gasteiger charge is -2.05. The van der Waals surface area contributed by atoms with Crippen LogP contribution in [0.2, 0.25) is 0 Å². The number of nitrogens with zero attached hydrogens (tertiary/aromatic N) is 2. The van der Waals surface area contributed by atoms with Crippen molar-refractivity contribution in [2.75, 3.05) is 6.54 Å².